The highest BCUT2D eigenvalue weighted by Crippen LogP contribution is 2.09. The van der Waals surface area contributed by atoms with Crippen LogP contribution in [-0.2, 0) is 24.3 Å². The third kappa shape index (κ3) is 4.41. The maximum absolute atomic E-state index is 12.3. The van der Waals surface area contributed by atoms with Gasteiger partial charge < -0.3 is 9.42 Å². The van der Waals surface area contributed by atoms with Gasteiger partial charge in [-0.05, 0) is 12.5 Å². The average molecular weight is 332 g/mol. The summed E-state index contributed by atoms with van der Waals surface area (Å²) in [5.74, 6) is 1.64. The molecule has 1 aliphatic heterocycles. The predicted octanol–water partition coefficient (Wildman–Crippen LogP) is 0.953. The zero-order valence-corrected chi connectivity index (χ0v) is 14.1. The van der Waals surface area contributed by atoms with Gasteiger partial charge in [0.25, 0.3) is 0 Å². The van der Waals surface area contributed by atoms with Gasteiger partial charge in [-0.15, -0.1) is 0 Å². The number of rotatable bonds is 7. The lowest BCUT2D eigenvalue weighted by molar-refractivity contribution is -0.133. The molecule has 0 unspecified atom stereocenters. The summed E-state index contributed by atoms with van der Waals surface area (Å²) in [6, 6.07) is 1.90. The highest BCUT2D eigenvalue weighted by Gasteiger charge is 2.21. The first-order chi connectivity index (χ1) is 11.7. The molecule has 2 aromatic rings. The fourth-order valence-electron chi connectivity index (χ4n) is 2.84. The molecule has 8 heteroatoms. The molecule has 130 valence electrons. The largest absolute Gasteiger partial charge is 0.340 e. The molecule has 24 heavy (non-hydrogen) atoms. The van der Waals surface area contributed by atoms with Crippen molar-refractivity contribution in [1.29, 1.82) is 0 Å². The van der Waals surface area contributed by atoms with E-state index in [2.05, 4.69) is 20.1 Å². The summed E-state index contributed by atoms with van der Waals surface area (Å²) in [4.78, 5) is 20.8. The van der Waals surface area contributed by atoms with Crippen molar-refractivity contribution < 1.29 is 9.32 Å². The van der Waals surface area contributed by atoms with Gasteiger partial charge in [-0.1, -0.05) is 12.1 Å². The van der Waals surface area contributed by atoms with E-state index in [1.807, 2.05) is 28.8 Å². The van der Waals surface area contributed by atoms with Crippen molar-refractivity contribution in [3.63, 3.8) is 0 Å². The first-order valence-electron chi connectivity index (χ1n) is 8.53. The van der Waals surface area contributed by atoms with Crippen LogP contribution < -0.4 is 0 Å². The van der Waals surface area contributed by atoms with Gasteiger partial charge in [-0.2, -0.15) is 10.1 Å². The van der Waals surface area contributed by atoms with E-state index in [1.54, 1.807) is 6.20 Å². The summed E-state index contributed by atoms with van der Waals surface area (Å²) < 4.78 is 6.99. The van der Waals surface area contributed by atoms with E-state index >= 15 is 0 Å². The van der Waals surface area contributed by atoms with Crippen molar-refractivity contribution in [3.8, 4) is 0 Å². The van der Waals surface area contributed by atoms with E-state index in [1.165, 1.54) is 0 Å². The summed E-state index contributed by atoms with van der Waals surface area (Å²) >= 11 is 0. The lowest BCUT2D eigenvalue weighted by atomic mass is 10.2. The van der Waals surface area contributed by atoms with Crippen LogP contribution in [0.4, 0.5) is 0 Å². The second-order valence-electron chi connectivity index (χ2n) is 5.99. The fourth-order valence-corrected chi connectivity index (χ4v) is 2.84. The topological polar surface area (TPSA) is 80.3 Å². The van der Waals surface area contributed by atoms with E-state index in [4.69, 9.17) is 4.52 Å². The standard InChI is InChI=1S/C16H24N6O2/c1-2-15-18-14(19-24-15)13-20-9-11-21(12-10-20)16(23)5-3-7-22-8-4-6-17-22/h4,6,8H,2-3,5,7,9-13H2,1H3. The molecule has 3 rings (SSSR count). The number of piperazine rings is 1. The summed E-state index contributed by atoms with van der Waals surface area (Å²) in [5.41, 5.74) is 0. The van der Waals surface area contributed by atoms with Gasteiger partial charge in [-0.25, -0.2) is 0 Å². The summed E-state index contributed by atoms with van der Waals surface area (Å²) in [7, 11) is 0. The van der Waals surface area contributed by atoms with Gasteiger partial charge in [0.15, 0.2) is 5.82 Å². The maximum Gasteiger partial charge on any atom is 0.226 e. The van der Waals surface area contributed by atoms with E-state index < -0.39 is 0 Å². The zero-order chi connectivity index (χ0) is 16.8. The number of hydrogen-bond donors (Lipinski definition) is 0. The predicted molar refractivity (Wildman–Crippen MR) is 87.0 cm³/mol. The molecule has 0 saturated carbocycles. The Morgan fingerprint density at radius 2 is 2.12 bits per heavy atom. The monoisotopic (exact) mass is 332 g/mol. The molecule has 2 aromatic heterocycles. The van der Waals surface area contributed by atoms with Crippen molar-refractivity contribution in [3.05, 3.63) is 30.2 Å². The number of aryl methyl sites for hydroxylation is 2. The molecule has 1 saturated heterocycles. The minimum atomic E-state index is 0.231. The molecule has 0 bridgehead atoms. The second-order valence-corrected chi connectivity index (χ2v) is 5.99. The van der Waals surface area contributed by atoms with Crippen LogP contribution in [0.15, 0.2) is 23.0 Å². The van der Waals surface area contributed by atoms with E-state index in [-0.39, 0.29) is 5.91 Å². The van der Waals surface area contributed by atoms with Crippen LogP contribution in [0.1, 0.15) is 31.5 Å². The first-order valence-corrected chi connectivity index (χ1v) is 8.53. The van der Waals surface area contributed by atoms with Gasteiger partial charge >= 0.3 is 0 Å². The number of nitrogens with zero attached hydrogens (tertiary/aromatic N) is 6. The maximum atomic E-state index is 12.3. The van der Waals surface area contributed by atoms with Crippen LogP contribution in [0.25, 0.3) is 0 Å². The Kier molecular flexibility index (Phi) is 5.58. The fraction of sp³-hybridized carbons (Fsp3) is 0.625. The molecular formula is C16H24N6O2. The van der Waals surface area contributed by atoms with Crippen LogP contribution >= 0.6 is 0 Å². The Morgan fingerprint density at radius 1 is 1.29 bits per heavy atom. The number of aromatic nitrogens is 4. The third-order valence-corrected chi connectivity index (χ3v) is 4.24. The third-order valence-electron chi connectivity index (χ3n) is 4.24. The molecular weight excluding hydrogens is 308 g/mol. The normalized spacial score (nSPS) is 15.8. The SMILES string of the molecule is CCc1nc(CN2CCN(C(=O)CCCn3cccn3)CC2)no1. The van der Waals surface area contributed by atoms with Crippen molar-refractivity contribution >= 4 is 5.91 Å². The number of hydrogen-bond acceptors (Lipinski definition) is 6. The molecule has 0 N–H and O–H groups in total. The van der Waals surface area contributed by atoms with Crippen molar-refractivity contribution in [2.75, 3.05) is 26.2 Å². The quantitative estimate of drug-likeness (QED) is 0.751. The van der Waals surface area contributed by atoms with Gasteiger partial charge in [0, 0.05) is 58.0 Å². The van der Waals surface area contributed by atoms with E-state index in [0.29, 0.717) is 18.9 Å². The Morgan fingerprint density at radius 3 is 2.79 bits per heavy atom. The van der Waals surface area contributed by atoms with Crippen LogP contribution in [0.3, 0.4) is 0 Å². The lowest BCUT2D eigenvalue weighted by Gasteiger charge is -2.34. The van der Waals surface area contributed by atoms with E-state index in [0.717, 1.165) is 51.4 Å². The molecule has 0 aliphatic carbocycles. The zero-order valence-electron chi connectivity index (χ0n) is 14.1. The summed E-state index contributed by atoms with van der Waals surface area (Å²) in [5, 5.41) is 8.13. The molecule has 1 amide bonds. The van der Waals surface area contributed by atoms with Crippen LogP contribution in [-0.4, -0.2) is 61.8 Å². The van der Waals surface area contributed by atoms with Crippen LogP contribution in [0, 0.1) is 0 Å². The number of amides is 1. The molecule has 8 nitrogen and oxygen atoms in total. The second kappa shape index (κ2) is 8.05. The lowest BCUT2D eigenvalue weighted by Crippen LogP contribution is -2.48. The Bertz CT molecular complexity index is 631. The molecule has 3 heterocycles. The average Bonchev–Trinajstić information content (AvgIpc) is 3.27. The van der Waals surface area contributed by atoms with E-state index in [9.17, 15) is 4.79 Å². The van der Waals surface area contributed by atoms with Crippen LogP contribution in [0.5, 0.6) is 0 Å². The van der Waals surface area contributed by atoms with Gasteiger partial charge in [-0.3, -0.25) is 14.4 Å². The summed E-state index contributed by atoms with van der Waals surface area (Å²) in [6.45, 7) is 6.69. The Balaban J connectivity index is 1.37. The summed E-state index contributed by atoms with van der Waals surface area (Å²) in [6.07, 6.45) is 5.83. The molecule has 0 radical (unpaired) electrons. The Labute approximate surface area is 141 Å². The molecule has 0 spiro atoms. The van der Waals surface area contributed by atoms with Crippen LogP contribution in [0.2, 0.25) is 0 Å². The van der Waals surface area contributed by atoms with Gasteiger partial charge in [0.05, 0.1) is 6.54 Å². The Hall–Kier alpha value is -2.22. The van der Waals surface area contributed by atoms with Crippen molar-refractivity contribution in [1.82, 2.24) is 29.7 Å². The minimum Gasteiger partial charge on any atom is -0.340 e. The molecule has 0 aromatic carbocycles. The molecule has 1 aliphatic rings. The first kappa shape index (κ1) is 16.6. The van der Waals surface area contributed by atoms with Crippen molar-refractivity contribution in [2.45, 2.75) is 39.3 Å². The van der Waals surface area contributed by atoms with Gasteiger partial charge in [0.1, 0.15) is 0 Å². The van der Waals surface area contributed by atoms with Crippen molar-refractivity contribution in [2.24, 2.45) is 0 Å². The number of carbonyl (C=O) groups excluding carboxylic acids is 1. The minimum absolute atomic E-state index is 0.231. The molecule has 0 atom stereocenters. The number of carbonyl (C=O) groups is 1. The molecule has 1 fully saturated rings. The van der Waals surface area contributed by atoms with Gasteiger partial charge in [0.2, 0.25) is 11.8 Å². The smallest absolute Gasteiger partial charge is 0.226 e. The highest BCUT2D eigenvalue weighted by atomic mass is 16.5. The highest BCUT2D eigenvalue weighted by molar-refractivity contribution is 5.76.